The number of hydrogen-bond donors (Lipinski definition) is 1. The molecule has 0 saturated carbocycles. The van der Waals surface area contributed by atoms with Crippen LogP contribution in [0, 0.1) is 0 Å². The standard InChI is InChI=1S/C23H27F3N6O/c1-30-11-13-31(14-12-30)17-6-9-32(10-7-17)22-20-19(5-8-27-22)28-21(29-20)16-3-2-4-18(15-16)33-23(24,25)26/h2-5,8,15,17H,6-7,9-14H2,1H3,(H,28,29). The second-order valence-corrected chi connectivity index (χ2v) is 8.75. The highest BCUT2D eigenvalue weighted by molar-refractivity contribution is 5.88. The molecule has 0 bridgehead atoms. The maximum atomic E-state index is 12.6. The largest absolute Gasteiger partial charge is 0.573 e. The number of halogens is 3. The minimum atomic E-state index is -4.74. The van der Waals surface area contributed by atoms with Crippen molar-refractivity contribution in [3.05, 3.63) is 36.5 Å². The molecule has 0 unspecified atom stereocenters. The van der Waals surface area contributed by atoms with Crippen LogP contribution in [0.1, 0.15) is 12.8 Å². The van der Waals surface area contributed by atoms with Crippen LogP contribution in [0.5, 0.6) is 5.75 Å². The summed E-state index contributed by atoms with van der Waals surface area (Å²) in [7, 11) is 2.17. The molecule has 33 heavy (non-hydrogen) atoms. The number of likely N-dealkylation sites (N-methyl/N-ethyl adjacent to an activating group) is 1. The van der Waals surface area contributed by atoms with E-state index >= 15 is 0 Å². The summed E-state index contributed by atoms with van der Waals surface area (Å²) in [5, 5.41) is 0. The van der Waals surface area contributed by atoms with Gasteiger partial charge in [-0.3, -0.25) is 4.90 Å². The van der Waals surface area contributed by atoms with Gasteiger partial charge in [-0.25, -0.2) is 9.97 Å². The molecule has 0 spiro atoms. The van der Waals surface area contributed by atoms with Gasteiger partial charge in [-0.1, -0.05) is 12.1 Å². The summed E-state index contributed by atoms with van der Waals surface area (Å²) in [4.78, 5) is 19.8. The number of aromatic amines is 1. The highest BCUT2D eigenvalue weighted by Gasteiger charge is 2.31. The van der Waals surface area contributed by atoms with Gasteiger partial charge < -0.3 is 19.5 Å². The van der Waals surface area contributed by atoms with Crippen molar-refractivity contribution in [3.63, 3.8) is 0 Å². The number of nitrogens with zero attached hydrogens (tertiary/aromatic N) is 5. The van der Waals surface area contributed by atoms with Gasteiger partial charge in [0.15, 0.2) is 5.82 Å². The van der Waals surface area contributed by atoms with Gasteiger partial charge in [-0.15, -0.1) is 13.2 Å². The molecular formula is C23H27F3N6O. The molecule has 2 aromatic heterocycles. The quantitative estimate of drug-likeness (QED) is 0.640. The normalized spacial score (nSPS) is 19.3. The van der Waals surface area contributed by atoms with E-state index in [1.165, 1.54) is 18.2 Å². The number of piperidine rings is 1. The molecule has 1 N–H and O–H groups in total. The first-order valence-electron chi connectivity index (χ1n) is 11.2. The fourth-order valence-electron chi connectivity index (χ4n) is 4.76. The number of benzene rings is 1. The Morgan fingerprint density at radius 3 is 2.52 bits per heavy atom. The summed E-state index contributed by atoms with van der Waals surface area (Å²) in [6, 6.07) is 8.26. The Hall–Kier alpha value is -2.85. The Balaban J connectivity index is 1.33. The van der Waals surface area contributed by atoms with E-state index in [1.807, 2.05) is 6.07 Å². The Labute approximate surface area is 190 Å². The monoisotopic (exact) mass is 460 g/mol. The Bertz CT molecular complexity index is 1100. The van der Waals surface area contributed by atoms with Gasteiger partial charge in [0, 0.05) is 57.1 Å². The van der Waals surface area contributed by atoms with Crippen molar-refractivity contribution in [2.24, 2.45) is 0 Å². The van der Waals surface area contributed by atoms with Gasteiger partial charge in [0.1, 0.15) is 17.1 Å². The van der Waals surface area contributed by atoms with Gasteiger partial charge >= 0.3 is 6.36 Å². The number of rotatable bonds is 4. The molecule has 176 valence electrons. The zero-order chi connectivity index (χ0) is 23.0. The van der Waals surface area contributed by atoms with Crippen molar-refractivity contribution in [1.29, 1.82) is 0 Å². The van der Waals surface area contributed by atoms with E-state index in [2.05, 4.69) is 36.5 Å². The second-order valence-electron chi connectivity index (χ2n) is 8.75. The molecule has 10 heteroatoms. The average molecular weight is 461 g/mol. The highest BCUT2D eigenvalue weighted by Crippen LogP contribution is 2.31. The van der Waals surface area contributed by atoms with E-state index in [0.29, 0.717) is 17.4 Å². The van der Waals surface area contributed by atoms with Gasteiger partial charge in [0.25, 0.3) is 0 Å². The van der Waals surface area contributed by atoms with E-state index in [9.17, 15) is 13.2 Å². The van der Waals surface area contributed by atoms with Crippen LogP contribution in [-0.4, -0.2) is 83.5 Å². The summed E-state index contributed by atoms with van der Waals surface area (Å²) in [5.41, 5.74) is 2.05. The van der Waals surface area contributed by atoms with Crippen molar-refractivity contribution in [2.45, 2.75) is 25.2 Å². The zero-order valence-electron chi connectivity index (χ0n) is 18.5. The number of fused-ring (bicyclic) bond motifs is 1. The van der Waals surface area contributed by atoms with Gasteiger partial charge in [0.05, 0.1) is 5.52 Å². The van der Waals surface area contributed by atoms with E-state index < -0.39 is 6.36 Å². The number of nitrogens with one attached hydrogen (secondary N) is 1. The topological polar surface area (TPSA) is 60.5 Å². The molecule has 0 radical (unpaired) electrons. The maximum absolute atomic E-state index is 12.6. The van der Waals surface area contributed by atoms with Crippen LogP contribution in [0.15, 0.2) is 36.5 Å². The number of pyridine rings is 1. The number of ether oxygens (including phenoxy) is 1. The maximum Gasteiger partial charge on any atom is 0.573 e. The number of hydrogen-bond acceptors (Lipinski definition) is 6. The molecule has 0 amide bonds. The summed E-state index contributed by atoms with van der Waals surface area (Å²) in [5.74, 6) is 1.03. The van der Waals surface area contributed by atoms with Crippen molar-refractivity contribution in [2.75, 3.05) is 51.2 Å². The first-order valence-corrected chi connectivity index (χ1v) is 11.2. The van der Waals surface area contributed by atoms with Crippen molar-refractivity contribution in [1.82, 2.24) is 24.8 Å². The molecule has 7 nitrogen and oxygen atoms in total. The fraction of sp³-hybridized carbons (Fsp3) is 0.478. The van der Waals surface area contributed by atoms with Crippen molar-refractivity contribution < 1.29 is 17.9 Å². The number of piperazine rings is 1. The van der Waals surface area contributed by atoms with E-state index in [-0.39, 0.29) is 5.75 Å². The number of anilines is 1. The first-order chi connectivity index (χ1) is 15.9. The van der Waals surface area contributed by atoms with Gasteiger partial charge in [0.2, 0.25) is 0 Å². The van der Waals surface area contributed by atoms with Crippen LogP contribution in [0.3, 0.4) is 0 Å². The zero-order valence-corrected chi connectivity index (χ0v) is 18.5. The molecule has 1 aromatic carbocycles. The van der Waals surface area contributed by atoms with Gasteiger partial charge in [-0.05, 0) is 38.1 Å². The Morgan fingerprint density at radius 1 is 1.03 bits per heavy atom. The number of alkyl halides is 3. The predicted molar refractivity (Wildman–Crippen MR) is 120 cm³/mol. The van der Waals surface area contributed by atoms with Crippen LogP contribution >= 0.6 is 0 Å². The lowest BCUT2D eigenvalue weighted by Gasteiger charge is -2.42. The minimum absolute atomic E-state index is 0.273. The van der Waals surface area contributed by atoms with Crippen LogP contribution in [-0.2, 0) is 0 Å². The van der Waals surface area contributed by atoms with Crippen LogP contribution < -0.4 is 9.64 Å². The Kier molecular flexibility index (Phi) is 5.88. The average Bonchev–Trinajstić information content (AvgIpc) is 3.23. The lowest BCUT2D eigenvalue weighted by Crippen LogP contribution is -2.52. The lowest BCUT2D eigenvalue weighted by molar-refractivity contribution is -0.274. The van der Waals surface area contributed by atoms with Crippen LogP contribution in [0.4, 0.5) is 19.0 Å². The molecule has 5 rings (SSSR count). The first kappa shape index (κ1) is 22.0. The summed E-state index contributed by atoms with van der Waals surface area (Å²) < 4.78 is 41.9. The number of aromatic nitrogens is 3. The predicted octanol–water partition coefficient (Wildman–Crippen LogP) is 3.74. The van der Waals surface area contributed by atoms with Gasteiger partial charge in [-0.2, -0.15) is 0 Å². The second kappa shape index (κ2) is 8.83. The number of imidazole rings is 1. The third-order valence-corrected chi connectivity index (χ3v) is 6.54. The van der Waals surface area contributed by atoms with E-state index in [0.717, 1.165) is 69.0 Å². The third kappa shape index (κ3) is 4.91. The molecule has 2 aliphatic rings. The molecule has 2 fully saturated rings. The highest BCUT2D eigenvalue weighted by atomic mass is 19.4. The molecule has 0 aliphatic carbocycles. The summed E-state index contributed by atoms with van der Waals surface area (Å²) in [6.45, 7) is 6.28. The molecule has 2 saturated heterocycles. The van der Waals surface area contributed by atoms with E-state index in [4.69, 9.17) is 4.98 Å². The smallest absolute Gasteiger partial charge is 0.406 e. The molecule has 4 heterocycles. The molecule has 0 atom stereocenters. The SMILES string of the molecule is CN1CCN(C2CCN(c3nccc4[nH]c(-c5cccc(OC(F)(F)F)c5)nc34)CC2)CC1. The molecular weight excluding hydrogens is 433 g/mol. The summed E-state index contributed by atoms with van der Waals surface area (Å²) in [6.07, 6.45) is -0.832. The van der Waals surface area contributed by atoms with Crippen LogP contribution in [0.25, 0.3) is 22.4 Å². The molecule has 3 aromatic rings. The minimum Gasteiger partial charge on any atom is -0.406 e. The number of H-pyrrole nitrogens is 1. The van der Waals surface area contributed by atoms with Crippen molar-refractivity contribution >= 4 is 16.9 Å². The molecule has 2 aliphatic heterocycles. The fourth-order valence-corrected chi connectivity index (χ4v) is 4.76. The van der Waals surface area contributed by atoms with E-state index in [1.54, 1.807) is 12.3 Å². The van der Waals surface area contributed by atoms with Crippen LogP contribution in [0.2, 0.25) is 0 Å². The lowest BCUT2D eigenvalue weighted by atomic mass is 10.0. The Morgan fingerprint density at radius 2 is 1.79 bits per heavy atom. The van der Waals surface area contributed by atoms with Crippen molar-refractivity contribution in [3.8, 4) is 17.1 Å². The third-order valence-electron chi connectivity index (χ3n) is 6.54. The summed E-state index contributed by atoms with van der Waals surface area (Å²) >= 11 is 0.